The van der Waals surface area contributed by atoms with E-state index < -0.39 is 56.3 Å². The quantitative estimate of drug-likeness (QED) is 0.100. The lowest BCUT2D eigenvalue weighted by Gasteiger charge is -2.28. The highest BCUT2D eigenvalue weighted by Crippen LogP contribution is 2.49. The molecule has 2 unspecified atom stereocenters. The standard InChI is InChI=1S/C34H39N6O9P/c1-20(2)26(31(42)46-17-21-11-6-5-7-12-21)39-50(44,49-24-16-10-14-22-13-8-9-15-23(22)24)47-18-25-28(41)34(3,43)32(48-25)40-19-36-27-29(40)37-33(35)38-30(27)45-4/h5-16,19-20,25-26,28,32,41,43H,17-18H2,1-4H3,(H,39,44)(H2,35,37,38)/t25-,26+,28-,32?,34-,50?/m1/s1. The molecule has 6 rings (SSSR count). The fraction of sp³-hybridized carbons (Fsp3) is 0.353. The summed E-state index contributed by atoms with van der Waals surface area (Å²) in [5, 5.41) is 27.0. The van der Waals surface area contributed by atoms with E-state index in [-0.39, 0.29) is 35.3 Å². The van der Waals surface area contributed by atoms with E-state index in [1.54, 1.807) is 32.0 Å². The fourth-order valence-corrected chi connectivity index (χ4v) is 7.41. The van der Waals surface area contributed by atoms with Crippen molar-refractivity contribution >= 4 is 41.6 Å². The Labute approximate surface area is 287 Å². The number of fused-ring (bicyclic) bond motifs is 2. The molecule has 6 atom stereocenters. The normalized spacial score (nSPS) is 22.4. The zero-order valence-corrected chi connectivity index (χ0v) is 28.8. The first-order valence-corrected chi connectivity index (χ1v) is 17.4. The topological polar surface area (TPSA) is 202 Å². The smallest absolute Gasteiger partial charge is 0.459 e. The van der Waals surface area contributed by atoms with Crippen LogP contribution in [0.25, 0.3) is 21.9 Å². The van der Waals surface area contributed by atoms with Gasteiger partial charge < -0.3 is 34.7 Å². The molecule has 0 bridgehead atoms. The molecular weight excluding hydrogens is 667 g/mol. The number of imidazole rings is 1. The number of anilines is 1. The number of hydrogen-bond donors (Lipinski definition) is 4. The summed E-state index contributed by atoms with van der Waals surface area (Å²) in [5.74, 6) is -0.839. The summed E-state index contributed by atoms with van der Waals surface area (Å²) in [7, 11) is -3.06. The largest absolute Gasteiger partial charge is 0.479 e. The Bertz CT molecular complexity index is 2020. The van der Waals surface area contributed by atoms with Crippen molar-refractivity contribution in [1.29, 1.82) is 0 Å². The molecule has 264 valence electrons. The Kier molecular flexibility index (Phi) is 10.1. The number of carbonyl (C=O) groups is 1. The molecule has 1 fully saturated rings. The van der Waals surface area contributed by atoms with Crippen molar-refractivity contribution < 1.29 is 42.8 Å². The van der Waals surface area contributed by atoms with Crippen molar-refractivity contribution in [3.05, 3.63) is 84.7 Å². The van der Waals surface area contributed by atoms with Crippen LogP contribution in [0.5, 0.6) is 11.6 Å². The van der Waals surface area contributed by atoms with Gasteiger partial charge in [0.2, 0.25) is 11.8 Å². The first kappa shape index (κ1) is 35.2. The van der Waals surface area contributed by atoms with Gasteiger partial charge >= 0.3 is 13.7 Å². The van der Waals surface area contributed by atoms with Gasteiger partial charge in [-0.3, -0.25) is 13.9 Å². The van der Waals surface area contributed by atoms with Crippen LogP contribution >= 0.6 is 7.75 Å². The number of nitrogen functional groups attached to an aromatic ring is 1. The number of nitrogens with two attached hydrogens (primary N) is 1. The molecule has 50 heavy (non-hydrogen) atoms. The molecule has 0 amide bonds. The number of methoxy groups -OCH3 is 1. The van der Waals surface area contributed by atoms with E-state index in [9.17, 15) is 19.6 Å². The van der Waals surface area contributed by atoms with Gasteiger partial charge in [-0.1, -0.05) is 80.6 Å². The second kappa shape index (κ2) is 14.3. The molecule has 1 saturated heterocycles. The van der Waals surface area contributed by atoms with Crippen LogP contribution in [-0.2, 0) is 30.0 Å². The van der Waals surface area contributed by atoms with Crippen LogP contribution in [0.15, 0.2) is 79.1 Å². The number of ether oxygens (including phenoxy) is 3. The van der Waals surface area contributed by atoms with Gasteiger partial charge in [0.05, 0.1) is 20.0 Å². The van der Waals surface area contributed by atoms with Crippen molar-refractivity contribution in [3.63, 3.8) is 0 Å². The van der Waals surface area contributed by atoms with E-state index in [0.29, 0.717) is 5.39 Å². The van der Waals surface area contributed by atoms with Crippen molar-refractivity contribution in [3.8, 4) is 11.6 Å². The average Bonchev–Trinajstić information content (AvgIpc) is 3.62. The molecular formula is C34H39N6O9P. The van der Waals surface area contributed by atoms with E-state index in [0.717, 1.165) is 10.9 Å². The third kappa shape index (κ3) is 7.15. The van der Waals surface area contributed by atoms with E-state index in [1.807, 2.05) is 54.6 Å². The summed E-state index contributed by atoms with van der Waals surface area (Å²) in [6.07, 6.45) is -2.67. The maximum absolute atomic E-state index is 14.7. The monoisotopic (exact) mass is 706 g/mol. The zero-order chi connectivity index (χ0) is 35.6. The van der Waals surface area contributed by atoms with Gasteiger partial charge in [0.25, 0.3) is 0 Å². The predicted octanol–water partition coefficient (Wildman–Crippen LogP) is 4.14. The number of nitrogens with zero attached hydrogens (tertiary/aromatic N) is 4. The van der Waals surface area contributed by atoms with Gasteiger partial charge in [0.15, 0.2) is 17.4 Å². The van der Waals surface area contributed by atoms with Gasteiger partial charge in [-0.25, -0.2) is 9.55 Å². The van der Waals surface area contributed by atoms with Crippen LogP contribution in [0.3, 0.4) is 0 Å². The lowest BCUT2D eigenvalue weighted by Crippen LogP contribution is -2.45. The SMILES string of the molecule is COc1nc(N)nc2c1ncn2C1O[C@H](COP(=O)(N[C@H](C(=O)OCc2ccccc2)C(C)C)Oc2cccc3ccccc23)[C@@H](O)[C@@]1(C)O. The minimum absolute atomic E-state index is 0.00383. The summed E-state index contributed by atoms with van der Waals surface area (Å²) >= 11 is 0. The van der Waals surface area contributed by atoms with E-state index in [2.05, 4.69) is 20.0 Å². The second-order valence-electron chi connectivity index (χ2n) is 12.4. The molecule has 5 N–H and O–H groups in total. The molecule has 0 saturated carbocycles. The van der Waals surface area contributed by atoms with Crippen molar-refractivity contribution in [1.82, 2.24) is 24.6 Å². The summed E-state index contributed by atoms with van der Waals surface area (Å²) < 4.78 is 45.1. The van der Waals surface area contributed by atoms with Crippen molar-refractivity contribution in [2.24, 2.45) is 5.92 Å². The molecule has 1 aliphatic heterocycles. The maximum atomic E-state index is 14.7. The third-order valence-electron chi connectivity index (χ3n) is 8.43. The summed E-state index contributed by atoms with van der Waals surface area (Å²) in [6, 6.07) is 20.6. The first-order valence-electron chi connectivity index (χ1n) is 15.9. The Hall–Kier alpha value is -4.63. The number of aromatic nitrogens is 4. The van der Waals surface area contributed by atoms with Crippen molar-refractivity contribution in [2.75, 3.05) is 19.5 Å². The molecule has 2 aromatic heterocycles. The van der Waals surface area contributed by atoms with Gasteiger partial charge in [-0.2, -0.15) is 15.1 Å². The number of aliphatic hydroxyl groups is 2. The number of carbonyl (C=O) groups excluding carboxylic acids is 1. The predicted molar refractivity (Wildman–Crippen MR) is 183 cm³/mol. The second-order valence-corrected chi connectivity index (χ2v) is 14.1. The third-order valence-corrected chi connectivity index (χ3v) is 9.95. The summed E-state index contributed by atoms with van der Waals surface area (Å²) in [6.45, 7) is 4.37. The average molecular weight is 707 g/mol. The Morgan fingerprint density at radius 1 is 1.10 bits per heavy atom. The molecule has 16 heteroatoms. The number of aliphatic hydroxyl groups excluding tert-OH is 1. The van der Waals surface area contributed by atoms with Crippen molar-refractivity contribution in [2.45, 2.75) is 57.5 Å². The van der Waals surface area contributed by atoms with Gasteiger partial charge in [-0.05, 0) is 29.9 Å². The van der Waals surface area contributed by atoms with Gasteiger partial charge in [0, 0.05) is 5.39 Å². The van der Waals surface area contributed by atoms with E-state index in [4.69, 9.17) is 29.0 Å². The lowest BCUT2D eigenvalue weighted by atomic mass is 9.96. The number of benzene rings is 3. The summed E-state index contributed by atoms with van der Waals surface area (Å²) in [5.41, 5.74) is 5.18. The number of rotatable bonds is 13. The molecule has 15 nitrogen and oxygen atoms in total. The molecule has 3 heterocycles. The number of hydrogen-bond acceptors (Lipinski definition) is 13. The highest BCUT2D eigenvalue weighted by Gasteiger charge is 2.54. The molecule has 0 aliphatic carbocycles. The lowest BCUT2D eigenvalue weighted by molar-refractivity contribution is -0.148. The Morgan fingerprint density at radius 2 is 1.82 bits per heavy atom. The molecule has 1 aliphatic rings. The van der Waals surface area contributed by atoms with Crippen LogP contribution in [0.2, 0.25) is 0 Å². The summed E-state index contributed by atoms with van der Waals surface area (Å²) in [4.78, 5) is 25.9. The van der Waals surface area contributed by atoms with Crippen LogP contribution in [0, 0.1) is 5.92 Å². The Morgan fingerprint density at radius 3 is 2.56 bits per heavy atom. The van der Waals surface area contributed by atoms with Gasteiger partial charge in [0.1, 0.15) is 36.2 Å². The number of nitrogens with one attached hydrogen (secondary N) is 1. The molecule has 5 aromatic rings. The molecule has 0 spiro atoms. The maximum Gasteiger partial charge on any atom is 0.459 e. The van der Waals surface area contributed by atoms with E-state index >= 15 is 0 Å². The first-order chi connectivity index (χ1) is 23.9. The zero-order valence-electron chi connectivity index (χ0n) is 27.9. The Balaban J connectivity index is 1.27. The molecule has 3 aromatic carbocycles. The highest BCUT2D eigenvalue weighted by atomic mass is 31.2. The van der Waals surface area contributed by atoms with E-state index in [1.165, 1.54) is 24.9 Å². The van der Waals surface area contributed by atoms with Crippen LogP contribution < -0.4 is 20.1 Å². The van der Waals surface area contributed by atoms with Gasteiger partial charge in [-0.15, -0.1) is 0 Å². The van der Waals surface area contributed by atoms with Crippen LogP contribution in [-0.4, -0.2) is 73.3 Å². The number of esters is 1. The van der Waals surface area contributed by atoms with Crippen LogP contribution in [0.4, 0.5) is 5.95 Å². The highest BCUT2D eigenvalue weighted by molar-refractivity contribution is 7.52. The minimum atomic E-state index is -4.46. The fourth-order valence-electron chi connectivity index (χ4n) is 5.73. The minimum Gasteiger partial charge on any atom is -0.479 e. The van der Waals surface area contributed by atoms with Crippen LogP contribution in [0.1, 0.15) is 32.6 Å². The molecule has 0 radical (unpaired) electrons.